The Bertz CT molecular complexity index is 701. The molecule has 1 amide bonds. The minimum Gasteiger partial charge on any atom is -0.459 e. The second-order valence-electron chi connectivity index (χ2n) is 6.37. The van der Waals surface area contributed by atoms with Crippen molar-refractivity contribution in [2.75, 3.05) is 19.0 Å². The van der Waals surface area contributed by atoms with Crippen molar-refractivity contribution >= 4 is 21.9 Å². The minimum absolute atomic E-state index is 0.00472. The van der Waals surface area contributed by atoms with Crippen LogP contribution in [-0.2, 0) is 30.9 Å². The van der Waals surface area contributed by atoms with Crippen molar-refractivity contribution in [1.82, 2.24) is 9.71 Å². The predicted octanol–water partition coefficient (Wildman–Crippen LogP) is 2.05. The molecule has 1 heterocycles. The lowest BCUT2D eigenvalue weighted by Crippen LogP contribution is -2.33. The molecule has 0 aliphatic carbocycles. The molecule has 27 heavy (non-hydrogen) atoms. The number of rotatable bonds is 12. The van der Waals surface area contributed by atoms with Crippen LogP contribution in [0.5, 0.6) is 0 Å². The van der Waals surface area contributed by atoms with Crippen LogP contribution >= 0.6 is 0 Å². The van der Waals surface area contributed by atoms with Gasteiger partial charge in [0.25, 0.3) is 5.91 Å². The summed E-state index contributed by atoms with van der Waals surface area (Å²) < 4.78 is 36.2. The van der Waals surface area contributed by atoms with E-state index in [1.807, 2.05) is 11.6 Å². The molecule has 1 rings (SSSR count). The topological polar surface area (TPSA) is 112 Å². The number of pyridine rings is 1. The number of carbonyl (C=O) groups is 2. The maximum absolute atomic E-state index is 12.1. The number of aromatic nitrogens is 1. The van der Waals surface area contributed by atoms with Crippen LogP contribution in [0.15, 0.2) is 18.3 Å². The Morgan fingerprint density at radius 2 is 1.89 bits per heavy atom. The third-order valence-corrected chi connectivity index (χ3v) is 4.84. The van der Waals surface area contributed by atoms with Crippen LogP contribution in [0.2, 0.25) is 0 Å². The van der Waals surface area contributed by atoms with E-state index in [0.717, 1.165) is 12.8 Å². The number of hydrogen-bond donors (Lipinski definition) is 1. The largest absolute Gasteiger partial charge is 0.459 e. The molecule has 0 spiro atoms. The van der Waals surface area contributed by atoms with Gasteiger partial charge in [0.15, 0.2) is 0 Å². The van der Waals surface area contributed by atoms with E-state index in [1.54, 1.807) is 13.8 Å². The number of unbranched alkanes of at least 4 members (excludes halogenated alkanes) is 1. The lowest BCUT2D eigenvalue weighted by Gasteiger charge is -2.09. The average molecular weight is 400 g/mol. The van der Waals surface area contributed by atoms with E-state index < -0.39 is 15.9 Å². The van der Waals surface area contributed by atoms with Crippen LogP contribution in [0.1, 0.15) is 56.1 Å². The molecule has 1 N–H and O–H groups in total. The SMILES string of the molecule is CCCCOCCCS(=O)(=O)NC(=O)c1ccc(COC(=O)C(C)C)nc1. The van der Waals surface area contributed by atoms with Crippen LogP contribution in [-0.4, -0.2) is 44.2 Å². The summed E-state index contributed by atoms with van der Waals surface area (Å²) >= 11 is 0. The summed E-state index contributed by atoms with van der Waals surface area (Å²) in [6.45, 7) is 6.42. The number of amides is 1. The molecule has 0 saturated carbocycles. The molecule has 0 radical (unpaired) electrons. The summed E-state index contributed by atoms with van der Waals surface area (Å²) in [5.74, 6) is -1.53. The highest BCUT2D eigenvalue weighted by atomic mass is 32.2. The number of carbonyl (C=O) groups excluding carboxylic acids is 2. The fourth-order valence-electron chi connectivity index (χ4n) is 1.91. The van der Waals surface area contributed by atoms with Gasteiger partial charge in [-0.15, -0.1) is 0 Å². The molecule has 0 fully saturated rings. The standard InChI is InChI=1S/C18H28N2O6S/c1-4-5-9-25-10-6-11-27(23,24)20-17(21)15-7-8-16(19-12-15)13-26-18(22)14(2)3/h7-8,12,14H,4-6,9-11,13H2,1-3H3,(H,20,21). The summed E-state index contributed by atoms with van der Waals surface area (Å²) in [6, 6.07) is 2.95. The highest BCUT2D eigenvalue weighted by molar-refractivity contribution is 7.90. The lowest BCUT2D eigenvalue weighted by atomic mass is 10.2. The first kappa shape index (κ1) is 23.0. The first-order valence-electron chi connectivity index (χ1n) is 8.99. The molecule has 0 aliphatic heterocycles. The molecule has 0 saturated heterocycles. The molecular formula is C18H28N2O6S. The number of hydrogen-bond acceptors (Lipinski definition) is 7. The van der Waals surface area contributed by atoms with Gasteiger partial charge in [0.05, 0.1) is 22.9 Å². The lowest BCUT2D eigenvalue weighted by molar-refractivity contribution is -0.148. The molecule has 0 aromatic carbocycles. The van der Waals surface area contributed by atoms with E-state index >= 15 is 0 Å². The van der Waals surface area contributed by atoms with Gasteiger partial charge in [0.1, 0.15) is 6.61 Å². The first-order valence-corrected chi connectivity index (χ1v) is 10.6. The number of nitrogens with zero attached hydrogens (tertiary/aromatic N) is 1. The summed E-state index contributed by atoms with van der Waals surface area (Å²) in [7, 11) is -3.74. The van der Waals surface area contributed by atoms with Crippen LogP contribution in [0.4, 0.5) is 0 Å². The summed E-state index contributed by atoms with van der Waals surface area (Å²) in [6.07, 6.45) is 3.51. The Balaban J connectivity index is 2.45. The van der Waals surface area contributed by atoms with Gasteiger partial charge in [0.2, 0.25) is 10.0 Å². The molecule has 0 bridgehead atoms. The second-order valence-corrected chi connectivity index (χ2v) is 8.21. The van der Waals surface area contributed by atoms with E-state index in [2.05, 4.69) is 4.98 Å². The molecule has 0 atom stereocenters. The molecule has 0 unspecified atom stereocenters. The van der Waals surface area contributed by atoms with Gasteiger partial charge in [-0.3, -0.25) is 14.6 Å². The molecule has 152 valence electrons. The Morgan fingerprint density at radius 3 is 2.48 bits per heavy atom. The van der Waals surface area contributed by atoms with E-state index in [9.17, 15) is 18.0 Å². The molecule has 1 aromatic heterocycles. The van der Waals surface area contributed by atoms with Crippen LogP contribution < -0.4 is 4.72 Å². The summed E-state index contributed by atoms with van der Waals surface area (Å²) in [5, 5.41) is 0. The first-order chi connectivity index (χ1) is 12.7. The zero-order valence-corrected chi connectivity index (χ0v) is 16.9. The number of ether oxygens (including phenoxy) is 2. The Hall–Kier alpha value is -2.00. The Kier molecular flexibility index (Phi) is 9.95. The van der Waals surface area contributed by atoms with Gasteiger partial charge in [-0.1, -0.05) is 27.2 Å². The summed E-state index contributed by atoms with van der Waals surface area (Å²) in [5.41, 5.74) is 0.573. The van der Waals surface area contributed by atoms with Crippen molar-refractivity contribution in [1.29, 1.82) is 0 Å². The van der Waals surface area contributed by atoms with Crippen molar-refractivity contribution in [3.8, 4) is 0 Å². The Morgan fingerprint density at radius 1 is 1.19 bits per heavy atom. The second kappa shape index (κ2) is 11.7. The molecule has 9 heteroatoms. The van der Waals surface area contributed by atoms with Crippen LogP contribution in [0.25, 0.3) is 0 Å². The molecular weight excluding hydrogens is 372 g/mol. The zero-order valence-electron chi connectivity index (χ0n) is 16.1. The molecule has 0 aliphatic rings. The van der Waals surface area contributed by atoms with Crippen molar-refractivity contribution in [2.45, 2.75) is 46.6 Å². The van der Waals surface area contributed by atoms with Gasteiger partial charge >= 0.3 is 5.97 Å². The van der Waals surface area contributed by atoms with Crippen molar-refractivity contribution in [3.63, 3.8) is 0 Å². The van der Waals surface area contributed by atoms with Gasteiger partial charge in [-0.05, 0) is 25.0 Å². The van der Waals surface area contributed by atoms with E-state index in [4.69, 9.17) is 9.47 Å². The average Bonchev–Trinajstić information content (AvgIpc) is 2.62. The maximum Gasteiger partial charge on any atom is 0.308 e. The minimum atomic E-state index is -3.74. The van der Waals surface area contributed by atoms with Crippen molar-refractivity contribution in [2.24, 2.45) is 5.92 Å². The number of sulfonamides is 1. The molecule has 1 aromatic rings. The Labute approximate surface area is 160 Å². The normalized spacial score (nSPS) is 11.4. The highest BCUT2D eigenvalue weighted by Gasteiger charge is 2.16. The summed E-state index contributed by atoms with van der Waals surface area (Å²) in [4.78, 5) is 27.5. The van der Waals surface area contributed by atoms with Crippen LogP contribution in [0, 0.1) is 5.92 Å². The fourth-order valence-corrected chi connectivity index (χ4v) is 2.91. The third kappa shape index (κ3) is 9.48. The third-order valence-electron chi connectivity index (χ3n) is 3.51. The van der Waals surface area contributed by atoms with Gasteiger partial charge in [0, 0.05) is 19.4 Å². The van der Waals surface area contributed by atoms with Gasteiger partial charge < -0.3 is 9.47 Å². The quantitative estimate of drug-likeness (QED) is 0.422. The number of esters is 1. The van der Waals surface area contributed by atoms with Gasteiger partial charge in [-0.2, -0.15) is 0 Å². The zero-order chi connectivity index (χ0) is 20.3. The van der Waals surface area contributed by atoms with Crippen LogP contribution in [0.3, 0.4) is 0 Å². The smallest absolute Gasteiger partial charge is 0.308 e. The van der Waals surface area contributed by atoms with E-state index in [-0.39, 0.29) is 29.8 Å². The van der Waals surface area contributed by atoms with Crippen molar-refractivity contribution in [3.05, 3.63) is 29.6 Å². The van der Waals surface area contributed by atoms with Gasteiger partial charge in [-0.25, -0.2) is 13.1 Å². The monoisotopic (exact) mass is 400 g/mol. The fraction of sp³-hybridized carbons (Fsp3) is 0.611. The number of nitrogens with one attached hydrogen (secondary N) is 1. The highest BCUT2D eigenvalue weighted by Crippen LogP contribution is 2.05. The van der Waals surface area contributed by atoms with E-state index in [0.29, 0.717) is 25.3 Å². The molecule has 8 nitrogen and oxygen atoms in total. The maximum atomic E-state index is 12.1. The van der Waals surface area contributed by atoms with Crippen molar-refractivity contribution < 1.29 is 27.5 Å². The van der Waals surface area contributed by atoms with E-state index in [1.165, 1.54) is 18.3 Å². The predicted molar refractivity (Wildman–Crippen MR) is 100 cm³/mol.